The first-order valence-corrected chi connectivity index (χ1v) is 10.6. The van der Waals surface area contributed by atoms with Gasteiger partial charge in [-0.05, 0) is 41.8 Å². The number of thioether (sulfide) groups is 1. The van der Waals surface area contributed by atoms with Crippen LogP contribution in [0.15, 0.2) is 58.3 Å². The molecule has 0 spiro atoms. The Bertz CT molecular complexity index is 860. The molecule has 0 saturated carbocycles. The Balaban J connectivity index is 1.50. The molecule has 134 valence electrons. The molecule has 2 aromatic carbocycles. The van der Waals surface area contributed by atoms with Gasteiger partial charge >= 0.3 is 0 Å². The van der Waals surface area contributed by atoms with Crippen LogP contribution in [0, 0.1) is 0 Å². The molecule has 1 heterocycles. The Morgan fingerprint density at radius 2 is 1.81 bits per heavy atom. The maximum absolute atomic E-state index is 12.2. The van der Waals surface area contributed by atoms with Gasteiger partial charge in [0.2, 0.25) is 5.91 Å². The van der Waals surface area contributed by atoms with Crippen LogP contribution in [0.2, 0.25) is 5.02 Å². The minimum absolute atomic E-state index is 0.0474. The molecule has 1 amide bonds. The van der Waals surface area contributed by atoms with Crippen molar-refractivity contribution in [3.63, 3.8) is 0 Å². The van der Waals surface area contributed by atoms with Crippen molar-refractivity contribution in [3.05, 3.63) is 75.8 Å². The maximum atomic E-state index is 12.2. The lowest BCUT2D eigenvalue weighted by molar-refractivity contribution is -0.115. The van der Waals surface area contributed by atoms with Gasteiger partial charge < -0.3 is 5.32 Å². The zero-order chi connectivity index (χ0) is 18.4. The van der Waals surface area contributed by atoms with Crippen molar-refractivity contribution in [2.45, 2.75) is 29.9 Å². The molecule has 0 aliphatic carbocycles. The van der Waals surface area contributed by atoms with Gasteiger partial charge in [0.1, 0.15) is 4.34 Å². The zero-order valence-electron chi connectivity index (χ0n) is 14.4. The number of carbonyl (C=O) groups excluding carboxylic acids is 1. The van der Waals surface area contributed by atoms with Gasteiger partial charge in [0.05, 0.1) is 12.1 Å². The number of nitrogens with one attached hydrogen (secondary N) is 1. The van der Waals surface area contributed by atoms with Gasteiger partial charge in [-0.15, -0.1) is 11.3 Å². The van der Waals surface area contributed by atoms with Gasteiger partial charge in [-0.25, -0.2) is 4.98 Å². The number of benzene rings is 2. The van der Waals surface area contributed by atoms with Crippen LogP contribution in [0.5, 0.6) is 0 Å². The Labute approximate surface area is 166 Å². The number of amides is 1. The van der Waals surface area contributed by atoms with E-state index in [1.54, 1.807) is 23.1 Å². The second-order valence-corrected chi connectivity index (χ2v) is 8.31. The zero-order valence-corrected chi connectivity index (χ0v) is 16.8. The minimum Gasteiger partial charge on any atom is -0.326 e. The number of aromatic nitrogens is 1. The number of hydrogen-bond donors (Lipinski definition) is 1. The summed E-state index contributed by atoms with van der Waals surface area (Å²) in [5.74, 6) is 0.786. The molecular formula is C20H19ClN2OS2. The fourth-order valence-corrected chi connectivity index (χ4v) is 4.28. The third-order valence-electron chi connectivity index (χ3n) is 3.79. The van der Waals surface area contributed by atoms with Crippen LogP contribution in [-0.4, -0.2) is 10.9 Å². The van der Waals surface area contributed by atoms with E-state index >= 15 is 0 Å². The first-order chi connectivity index (χ1) is 12.6. The van der Waals surface area contributed by atoms with E-state index in [9.17, 15) is 4.79 Å². The Hall–Kier alpha value is -1.82. The molecule has 0 aliphatic heterocycles. The van der Waals surface area contributed by atoms with Gasteiger partial charge in [0, 0.05) is 21.8 Å². The topological polar surface area (TPSA) is 42.0 Å². The summed E-state index contributed by atoms with van der Waals surface area (Å²) in [6, 6.07) is 15.7. The van der Waals surface area contributed by atoms with Gasteiger partial charge in [-0.1, -0.05) is 54.6 Å². The van der Waals surface area contributed by atoms with Crippen LogP contribution in [0.25, 0.3) is 0 Å². The number of rotatable bonds is 7. The van der Waals surface area contributed by atoms with Crippen molar-refractivity contribution < 1.29 is 4.79 Å². The van der Waals surface area contributed by atoms with E-state index in [0.717, 1.165) is 32.9 Å². The number of aryl methyl sites for hydroxylation is 1. The third kappa shape index (κ3) is 5.59. The smallest absolute Gasteiger partial charge is 0.230 e. The Kier molecular flexibility index (Phi) is 6.72. The highest BCUT2D eigenvalue weighted by atomic mass is 35.5. The average Bonchev–Trinajstić information content (AvgIpc) is 3.09. The molecule has 0 atom stereocenters. The molecule has 6 heteroatoms. The predicted octanol–water partition coefficient (Wildman–Crippen LogP) is 5.83. The maximum Gasteiger partial charge on any atom is 0.230 e. The first kappa shape index (κ1) is 19.0. The Morgan fingerprint density at radius 3 is 2.50 bits per heavy atom. The van der Waals surface area contributed by atoms with Gasteiger partial charge in [-0.2, -0.15) is 0 Å². The second kappa shape index (κ2) is 9.21. The molecular weight excluding hydrogens is 384 g/mol. The van der Waals surface area contributed by atoms with E-state index in [0.29, 0.717) is 0 Å². The molecule has 3 aromatic rings. The molecule has 0 fully saturated rings. The van der Waals surface area contributed by atoms with Gasteiger partial charge in [0.15, 0.2) is 0 Å². The number of hydrogen-bond acceptors (Lipinski definition) is 4. The van der Waals surface area contributed by atoms with Crippen LogP contribution in [0.1, 0.15) is 23.7 Å². The summed E-state index contributed by atoms with van der Waals surface area (Å²) in [5.41, 5.74) is 4.07. The highest BCUT2D eigenvalue weighted by Crippen LogP contribution is 2.27. The number of thiazole rings is 1. The molecule has 0 unspecified atom stereocenters. The van der Waals surface area contributed by atoms with Gasteiger partial charge in [0.25, 0.3) is 0 Å². The number of halogens is 1. The van der Waals surface area contributed by atoms with Crippen molar-refractivity contribution in [3.8, 4) is 0 Å². The summed E-state index contributed by atoms with van der Waals surface area (Å²) in [7, 11) is 0. The molecule has 3 nitrogen and oxygen atoms in total. The molecule has 1 N–H and O–H groups in total. The highest BCUT2D eigenvalue weighted by molar-refractivity contribution is 8.00. The van der Waals surface area contributed by atoms with E-state index < -0.39 is 0 Å². The molecule has 0 saturated heterocycles. The van der Waals surface area contributed by atoms with Crippen LogP contribution in [0.3, 0.4) is 0 Å². The fraction of sp³-hybridized carbons (Fsp3) is 0.200. The van der Waals surface area contributed by atoms with E-state index in [1.165, 1.54) is 11.1 Å². The number of nitrogens with zero attached hydrogens (tertiary/aromatic N) is 1. The quantitative estimate of drug-likeness (QED) is 0.505. The van der Waals surface area contributed by atoms with Crippen molar-refractivity contribution in [1.29, 1.82) is 0 Å². The van der Waals surface area contributed by atoms with Crippen LogP contribution in [0.4, 0.5) is 5.69 Å². The largest absolute Gasteiger partial charge is 0.326 e. The monoisotopic (exact) mass is 402 g/mol. The number of carbonyl (C=O) groups is 1. The van der Waals surface area contributed by atoms with Gasteiger partial charge in [-0.3, -0.25) is 4.79 Å². The lowest BCUT2D eigenvalue weighted by Crippen LogP contribution is -2.14. The standard InChI is InChI=1S/C20H19ClN2OS2/c1-2-14-5-9-17(10-6-14)22-19(24)11-18-13-26-20(23-18)25-12-15-3-7-16(21)8-4-15/h3-10,13H,2,11-12H2,1H3,(H,22,24). The van der Waals surface area contributed by atoms with Crippen molar-refractivity contribution in [2.75, 3.05) is 5.32 Å². The van der Waals surface area contributed by atoms with Crippen LogP contribution >= 0.6 is 34.7 Å². The summed E-state index contributed by atoms with van der Waals surface area (Å²) in [6.07, 6.45) is 1.27. The van der Waals surface area contributed by atoms with Crippen molar-refractivity contribution in [1.82, 2.24) is 4.98 Å². The first-order valence-electron chi connectivity index (χ1n) is 8.33. The highest BCUT2D eigenvalue weighted by Gasteiger charge is 2.09. The lowest BCUT2D eigenvalue weighted by Gasteiger charge is -2.05. The molecule has 26 heavy (non-hydrogen) atoms. The number of anilines is 1. The van der Waals surface area contributed by atoms with Crippen molar-refractivity contribution in [2.24, 2.45) is 0 Å². The second-order valence-electron chi connectivity index (χ2n) is 5.80. The third-order valence-corrected chi connectivity index (χ3v) is 6.19. The summed E-state index contributed by atoms with van der Waals surface area (Å²) < 4.78 is 0.968. The van der Waals surface area contributed by atoms with Crippen LogP contribution < -0.4 is 5.32 Å². The summed E-state index contributed by atoms with van der Waals surface area (Å²) in [5, 5.41) is 5.61. The minimum atomic E-state index is -0.0474. The summed E-state index contributed by atoms with van der Waals surface area (Å²) in [4.78, 5) is 16.7. The van der Waals surface area contributed by atoms with Crippen LogP contribution in [-0.2, 0) is 23.4 Å². The van der Waals surface area contributed by atoms with E-state index in [-0.39, 0.29) is 12.3 Å². The average molecular weight is 403 g/mol. The lowest BCUT2D eigenvalue weighted by atomic mass is 10.1. The molecule has 3 rings (SSSR count). The molecule has 0 bridgehead atoms. The molecule has 1 aromatic heterocycles. The molecule has 0 radical (unpaired) electrons. The fourth-order valence-electron chi connectivity index (χ4n) is 2.36. The molecule has 0 aliphatic rings. The summed E-state index contributed by atoms with van der Waals surface area (Å²) >= 11 is 9.14. The van der Waals surface area contributed by atoms with E-state index in [1.807, 2.05) is 53.9 Å². The van der Waals surface area contributed by atoms with E-state index in [4.69, 9.17) is 11.6 Å². The predicted molar refractivity (Wildman–Crippen MR) is 111 cm³/mol. The van der Waals surface area contributed by atoms with Crippen molar-refractivity contribution >= 4 is 46.3 Å². The normalized spacial score (nSPS) is 10.7. The SMILES string of the molecule is CCc1ccc(NC(=O)Cc2csc(SCc3ccc(Cl)cc3)n2)cc1. The Morgan fingerprint density at radius 1 is 1.12 bits per heavy atom. The van der Waals surface area contributed by atoms with E-state index in [2.05, 4.69) is 17.2 Å². The summed E-state index contributed by atoms with van der Waals surface area (Å²) in [6.45, 7) is 2.11.